The third-order valence-corrected chi connectivity index (χ3v) is 3.18. The molecule has 0 saturated heterocycles. The summed E-state index contributed by atoms with van der Waals surface area (Å²) in [6, 6.07) is 8.41. The second-order valence-electron chi connectivity index (χ2n) is 4.77. The molecule has 1 aliphatic rings. The Bertz CT molecular complexity index is 694. The molecule has 0 radical (unpaired) electrons. The smallest absolute Gasteiger partial charge is 0.240 e. The molecule has 1 aromatic heterocycles. The van der Waals surface area contributed by atoms with E-state index >= 15 is 0 Å². The minimum atomic E-state index is -0.0126. The van der Waals surface area contributed by atoms with E-state index in [0.717, 1.165) is 22.5 Å². The average molecular weight is 253 g/mol. The van der Waals surface area contributed by atoms with Gasteiger partial charge in [-0.25, -0.2) is 5.43 Å². The van der Waals surface area contributed by atoms with Gasteiger partial charge in [0, 0.05) is 29.4 Å². The maximum Gasteiger partial charge on any atom is 0.240 e. The molecule has 1 amide bonds. The number of H-pyrrole nitrogens is 1. The molecule has 96 valence electrons. The standard InChI is InChI=1S/C15H15N3O/c1-10-8-12-9-11(3-6-14(12)16-10)2-4-13-5-7-15(19)18-17-13/h2-4,6,8-9,16H,5,7H2,1H3,(H,18,19)/b4-2+. The fourth-order valence-electron chi connectivity index (χ4n) is 2.20. The predicted molar refractivity (Wildman–Crippen MR) is 76.9 cm³/mol. The number of hydrazone groups is 1. The number of aromatic amines is 1. The van der Waals surface area contributed by atoms with Gasteiger partial charge in [0.05, 0.1) is 5.71 Å². The van der Waals surface area contributed by atoms with Crippen LogP contribution in [0.25, 0.3) is 17.0 Å². The number of fused-ring (bicyclic) bond motifs is 1. The number of carbonyl (C=O) groups excluding carboxylic acids is 1. The number of hydrogen-bond donors (Lipinski definition) is 2. The predicted octanol–water partition coefficient (Wildman–Crippen LogP) is 2.76. The van der Waals surface area contributed by atoms with Gasteiger partial charge in [-0.2, -0.15) is 5.10 Å². The lowest BCUT2D eigenvalue weighted by Gasteiger charge is -2.07. The second-order valence-corrected chi connectivity index (χ2v) is 4.77. The van der Waals surface area contributed by atoms with E-state index in [1.54, 1.807) is 0 Å². The summed E-state index contributed by atoms with van der Waals surface area (Å²) in [5.41, 5.74) is 6.84. The summed E-state index contributed by atoms with van der Waals surface area (Å²) in [5, 5.41) is 5.22. The highest BCUT2D eigenvalue weighted by Crippen LogP contribution is 2.17. The van der Waals surface area contributed by atoms with Crippen LogP contribution in [0.2, 0.25) is 0 Å². The molecule has 0 saturated carbocycles. The maximum absolute atomic E-state index is 11.0. The Hall–Kier alpha value is -2.36. The number of allylic oxidation sites excluding steroid dienone is 1. The van der Waals surface area contributed by atoms with Crippen LogP contribution in [0, 0.1) is 6.92 Å². The van der Waals surface area contributed by atoms with E-state index in [0.29, 0.717) is 12.8 Å². The number of amides is 1. The van der Waals surface area contributed by atoms with Crippen molar-refractivity contribution in [1.29, 1.82) is 0 Å². The second kappa shape index (κ2) is 4.72. The highest BCUT2D eigenvalue weighted by molar-refractivity contribution is 6.02. The first-order valence-electron chi connectivity index (χ1n) is 6.33. The van der Waals surface area contributed by atoms with Gasteiger partial charge in [-0.05, 0) is 36.8 Å². The summed E-state index contributed by atoms with van der Waals surface area (Å²) in [6.07, 6.45) is 5.20. The van der Waals surface area contributed by atoms with Crippen molar-refractivity contribution in [2.45, 2.75) is 19.8 Å². The number of hydrogen-bond acceptors (Lipinski definition) is 2. The molecule has 19 heavy (non-hydrogen) atoms. The van der Waals surface area contributed by atoms with Crippen LogP contribution in [-0.2, 0) is 4.79 Å². The zero-order valence-corrected chi connectivity index (χ0v) is 10.7. The summed E-state index contributed by atoms with van der Waals surface area (Å²) in [4.78, 5) is 14.3. The quantitative estimate of drug-likeness (QED) is 0.849. The zero-order chi connectivity index (χ0) is 13.2. The van der Waals surface area contributed by atoms with Crippen molar-refractivity contribution in [3.05, 3.63) is 41.6 Å². The van der Waals surface area contributed by atoms with Crippen LogP contribution in [0.15, 0.2) is 35.4 Å². The molecule has 0 unspecified atom stereocenters. The van der Waals surface area contributed by atoms with Crippen LogP contribution in [0.4, 0.5) is 0 Å². The van der Waals surface area contributed by atoms with Gasteiger partial charge in [0.2, 0.25) is 5.91 Å². The van der Waals surface area contributed by atoms with Crippen LogP contribution in [-0.4, -0.2) is 16.6 Å². The molecule has 0 fully saturated rings. The Morgan fingerprint density at radius 2 is 2.11 bits per heavy atom. The van der Waals surface area contributed by atoms with Gasteiger partial charge in [0.25, 0.3) is 0 Å². The SMILES string of the molecule is Cc1cc2cc(/C=C/C3=NNC(=O)CC3)ccc2[nH]1. The van der Waals surface area contributed by atoms with Crippen molar-refractivity contribution in [3.63, 3.8) is 0 Å². The molecule has 3 rings (SSSR count). The molecule has 1 aliphatic heterocycles. The van der Waals surface area contributed by atoms with Gasteiger partial charge in [0.1, 0.15) is 0 Å². The van der Waals surface area contributed by atoms with Gasteiger partial charge in [-0.15, -0.1) is 0 Å². The van der Waals surface area contributed by atoms with Gasteiger partial charge in [0.15, 0.2) is 0 Å². The molecule has 0 aliphatic carbocycles. The van der Waals surface area contributed by atoms with Crippen molar-refractivity contribution in [1.82, 2.24) is 10.4 Å². The van der Waals surface area contributed by atoms with E-state index in [1.807, 2.05) is 12.2 Å². The number of aryl methyl sites for hydroxylation is 1. The summed E-state index contributed by atoms with van der Waals surface area (Å²) < 4.78 is 0. The van der Waals surface area contributed by atoms with Gasteiger partial charge in [-0.1, -0.05) is 12.1 Å². The molecule has 4 nitrogen and oxygen atoms in total. The molecule has 4 heteroatoms. The summed E-state index contributed by atoms with van der Waals surface area (Å²) in [6.45, 7) is 2.05. The van der Waals surface area contributed by atoms with Crippen LogP contribution in [0.5, 0.6) is 0 Å². The van der Waals surface area contributed by atoms with Gasteiger partial charge < -0.3 is 4.98 Å². The highest BCUT2D eigenvalue weighted by Gasteiger charge is 2.08. The van der Waals surface area contributed by atoms with Crippen molar-refractivity contribution >= 4 is 28.6 Å². The minimum absolute atomic E-state index is 0.0126. The Morgan fingerprint density at radius 1 is 1.21 bits per heavy atom. The molecule has 2 heterocycles. The van der Waals surface area contributed by atoms with E-state index in [4.69, 9.17) is 0 Å². The highest BCUT2D eigenvalue weighted by atomic mass is 16.2. The van der Waals surface area contributed by atoms with E-state index in [2.05, 4.69) is 46.7 Å². The first-order chi connectivity index (χ1) is 9.20. The summed E-state index contributed by atoms with van der Waals surface area (Å²) in [5.74, 6) is -0.0126. The van der Waals surface area contributed by atoms with Crippen molar-refractivity contribution in [2.75, 3.05) is 0 Å². The lowest BCUT2D eigenvalue weighted by molar-refractivity contribution is -0.121. The lowest BCUT2D eigenvalue weighted by Crippen LogP contribution is -2.24. The number of benzene rings is 1. The first-order valence-corrected chi connectivity index (χ1v) is 6.33. The number of aromatic nitrogens is 1. The molecule has 0 bridgehead atoms. The van der Waals surface area contributed by atoms with E-state index in [1.165, 1.54) is 5.39 Å². The van der Waals surface area contributed by atoms with Crippen LogP contribution in [0.1, 0.15) is 24.1 Å². The third-order valence-electron chi connectivity index (χ3n) is 3.18. The monoisotopic (exact) mass is 253 g/mol. The van der Waals surface area contributed by atoms with Gasteiger partial charge >= 0.3 is 0 Å². The first kappa shape index (κ1) is 11.7. The largest absolute Gasteiger partial charge is 0.359 e. The maximum atomic E-state index is 11.0. The normalized spacial score (nSPS) is 15.8. The molecule has 1 aromatic carbocycles. The average Bonchev–Trinajstić information content (AvgIpc) is 2.77. The van der Waals surface area contributed by atoms with Crippen molar-refractivity contribution in [3.8, 4) is 0 Å². The van der Waals surface area contributed by atoms with E-state index in [-0.39, 0.29) is 5.91 Å². The van der Waals surface area contributed by atoms with E-state index < -0.39 is 0 Å². The molecule has 2 aromatic rings. The van der Waals surface area contributed by atoms with Gasteiger partial charge in [-0.3, -0.25) is 4.79 Å². The molecular weight excluding hydrogens is 238 g/mol. The number of nitrogens with one attached hydrogen (secondary N) is 2. The summed E-state index contributed by atoms with van der Waals surface area (Å²) in [7, 11) is 0. The van der Waals surface area contributed by atoms with Crippen LogP contribution >= 0.6 is 0 Å². The van der Waals surface area contributed by atoms with Crippen molar-refractivity contribution < 1.29 is 4.79 Å². The topological polar surface area (TPSA) is 57.2 Å². The number of nitrogens with zero attached hydrogens (tertiary/aromatic N) is 1. The fourth-order valence-corrected chi connectivity index (χ4v) is 2.20. The Labute approximate surface area is 111 Å². The summed E-state index contributed by atoms with van der Waals surface area (Å²) >= 11 is 0. The Morgan fingerprint density at radius 3 is 2.89 bits per heavy atom. The zero-order valence-electron chi connectivity index (χ0n) is 10.7. The molecular formula is C15H15N3O. The lowest BCUT2D eigenvalue weighted by atomic mass is 10.1. The fraction of sp³-hybridized carbons (Fsp3) is 0.200. The Balaban J connectivity index is 1.82. The minimum Gasteiger partial charge on any atom is -0.359 e. The number of rotatable bonds is 2. The van der Waals surface area contributed by atoms with Crippen LogP contribution < -0.4 is 5.43 Å². The van der Waals surface area contributed by atoms with Crippen LogP contribution in [0.3, 0.4) is 0 Å². The molecule has 0 spiro atoms. The third kappa shape index (κ3) is 2.57. The molecule has 2 N–H and O–H groups in total. The van der Waals surface area contributed by atoms with Crippen molar-refractivity contribution in [2.24, 2.45) is 5.10 Å². The number of carbonyl (C=O) groups is 1. The molecule has 0 atom stereocenters. The Kier molecular flexibility index (Phi) is 2.91. The van der Waals surface area contributed by atoms with E-state index in [9.17, 15) is 4.79 Å².